The maximum Gasteiger partial charge on any atom is 0.423 e. The fourth-order valence-corrected chi connectivity index (χ4v) is 2.36. The molecule has 25 heavy (non-hydrogen) atoms. The lowest BCUT2D eigenvalue weighted by Gasteiger charge is -2.10. The highest BCUT2D eigenvalue weighted by Crippen LogP contribution is 2.36. The number of alkyl halides is 3. The number of hydrogen-bond donors (Lipinski definition) is 1. The summed E-state index contributed by atoms with van der Waals surface area (Å²) in [5.41, 5.74) is -1.78. The Bertz CT molecular complexity index is 959. The third kappa shape index (κ3) is 3.31. The summed E-state index contributed by atoms with van der Waals surface area (Å²) in [6, 6.07) is 2.79. The smallest absolute Gasteiger partial charge is 0.266 e. The minimum absolute atomic E-state index is 0.0662. The van der Waals surface area contributed by atoms with Crippen LogP contribution in [0.5, 0.6) is 0 Å². The molecule has 8 nitrogen and oxygen atoms in total. The van der Waals surface area contributed by atoms with Crippen LogP contribution in [0.3, 0.4) is 0 Å². The molecule has 0 spiro atoms. The first-order valence-corrected chi connectivity index (χ1v) is 7.07. The SMILES string of the molecule is O=[N+]([O-])c1ccc(Cn2ncc3cnc(NCl)nc32)cc1C(F)(F)F. The maximum atomic E-state index is 13.0. The van der Waals surface area contributed by atoms with Crippen LogP contribution in [0.2, 0.25) is 0 Å². The Balaban J connectivity index is 2.02. The van der Waals surface area contributed by atoms with Gasteiger partial charge in [0.05, 0.1) is 23.1 Å². The summed E-state index contributed by atoms with van der Waals surface area (Å²) in [5, 5.41) is 15.4. The molecular formula is C13H8ClF3N6O2. The van der Waals surface area contributed by atoms with E-state index in [0.29, 0.717) is 11.0 Å². The first-order valence-electron chi connectivity index (χ1n) is 6.69. The summed E-state index contributed by atoms with van der Waals surface area (Å²) in [4.78, 5) is 19.9. The van der Waals surface area contributed by atoms with Gasteiger partial charge in [0.1, 0.15) is 5.56 Å². The van der Waals surface area contributed by atoms with E-state index in [2.05, 4.69) is 19.9 Å². The van der Waals surface area contributed by atoms with Crippen LogP contribution in [0, 0.1) is 10.1 Å². The number of benzene rings is 1. The summed E-state index contributed by atoms with van der Waals surface area (Å²) >= 11 is 5.43. The number of nitro groups is 1. The Morgan fingerprint density at radius 1 is 1.32 bits per heavy atom. The van der Waals surface area contributed by atoms with Crippen LogP contribution in [0.4, 0.5) is 24.8 Å². The molecule has 0 saturated heterocycles. The van der Waals surface area contributed by atoms with Gasteiger partial charge in [0.25, 0.3) is 5.69 Å². The number of halogens is 4. The van der Waals surface area contributed by atoms with Crippen molar-refractivity contribution in [3.8, 4) is 0 Å². The molecule has 0 radical (unpaired) electrons. The minimum Gasteiger partial charge on any atom is -0.266 e. The van der Waals surface area contributed by atoms with Gasteiger partial charge in [-0.3, -0.25) is 15.0 Å². The molecule has 1 N–H and O–H groups in total. The van der Waals surface area contributed by atoms with E-state index in [1.807, 2.05) is 0 Å². The fourth-order valence-electron chi connectivity index (χ4n) is 2.27. The topological polar surface area (TPSA) is 98.8 Å². The van der Waals surface area contributed by atoms with Crippen LogP contribution in [-0.2, 0) is 12.7 Å². The van der Waals surface area contributed by atoms with Gasteiger partial charge < -0.3 is 0 Å². The number of anilines is 1. The molecule has 1 aromatic carbocycles. The van der Waals surface area contributed by atoms with Crippen molar-refractivity contribution in [2.45, 2.75) is 12.7 Å². The summed E-state index contributed by atoms with van der Waals surface area (Å²) in [6.45, 7) is -0.0662. The number of nitro benzene ring substituents is 1. The highest BCUT2D eigenvalue weighted by molar-refractivity contribution is 6.23. The second-order valence-electron chi connectivity index (χ2n) is 4.98. The van der Waals surface area contributed by atoms with Gasteiger partial charge in [-0.15, -0.1) is 0 Å². The second-order valence-corrected chi connectivity index (χ2v) is 5.16. The minimum atomic E-state index is -4.84. The molecule has 2 heterocycles. The van der Waals surface area contributed by atoms with Crippen LogP contribution in [0.15, 0.2) is 30.6 Å². The molecule has 0 aliphatic carbocycles. The van der Waals surface area contributed by atoms with Crippen molar-refractivity contribution in [2.24, 2.45) is 0 Å². The summed E-state index contributed by atoms with van der Waals surface area (Å²) in [5.74, 6) is 0.107. The molecule has 2 aromatic heterocycles. The molecule has 0 aliphatic heterocycles. The summed E-state index contributed by atoms with van der Waals surface area (Å²) in [7, 11) is 0. The average Bonchev–Trinajstić information content (AvgIpc) is 2.96. The molecule has 0 bridgehead atoms. The monoisotopic (exact) mass is 372 g/mol. The lowest BCUT2D eigenvalue weighted by Crippen LogP contribution is -2.11. The van der Waals surface area contributed by atoms with E-state index in [1.54, 1.807) is 0 Å². The van der Waals surface area contributed by atoms with E-state index in [9.17, 15) is 23.3 Å². The number of hydrogen-bond acceptors (Lipinski definition) is 6. The Hall–Kier alpha value is -2.95. The van der Waals surface area contributed by atoms with Crippen molar-refractivity contribution in [3.63, 3.8) is 0 Å². The highest BCUT2D eigenvalue weighted by atomic mass is 35.5. The van der Waals surface area contributed by atoms with Crippen molar-refractivity contribution in [2.75, 3.05) is 4.84 Å². The first-order chi connectivity index (χ1) is 11.8. The van der Waals surface area contributed by atoms with Crippen molar-refractivity contribution in [3.05, 3.63) is 51.8 Å². The number of nitrogens with one attached hydrogen (secondary N) is 1. The van der Waals surface area contributed by atoms with Crippen molar-refractivity contribution in [1.29, 1.82) is 0 Å². The highest BCUT2D eigenvalue weighted by Gasteiger charge is 2.38. The Kier molecular flexibility index (Phi) is 4.17. The zero-order chi connectivity index (χ0) is 18.2. The van der Waals surface area contributed by atoms with E-state index in [1.165, 1.54) is 23.1 Å². The van der Waals surface area contributed by atoms with E-state index >= 15 is 0 Å². The third-order valence-electron chi connectivity index (χ3n) is 3.36. The zero-order valence-electron chi connectivity index (χ0n) is 12.2. The quantitative estimate of drug-likeness (QED) is 0.428. The van der Waals surface area contributed by atoms with Crippen molar-refractivity contribution in [1.82, 2.24) is 19.7 Å². The number of fused-ring (bicyclic) bond motifs is 1. The molecular weight excluding hydrogens is 365 g/mol. The van der Waals surface area contributed by atoms with Crippen LogP contribution in [0.1, 0.15) is 11.1 Å². The lowest BCUT2D eigenvalue weighted by molar-refractivity contribution is -0.388. The standard InChI is InChI=1S/C13H8ClF3N6O2/c14-21-12-18-4-8-5-19-22(11(8)20-12)6-7-1-2-10(23(24)25)9(3-7)13(15,16)17/h1-5H,6H2,(H,18,20,21). The Morgan fingerprint density at radius 3 is 2.72 bits per heavy atom. The lowest BCUT2D eigenvalue weighted by atomic mass is 10.1. The van der Waals surface area contributed by atoms with Crippen LogP contribution >= 0.6 is 11.8 Å². The molecule has 0 saturated carbocycles. The van der Waals surface area contributed by atoms with Gasteiger partial charge in [-0.1, -0.05) is 6.07 Å². The predicted molar refractivity (Wildman–Crippen MR) is 82.0 cm³/mol. The average molecular weight is 373 g/mol. The number of rotatable bonds is 4. The van der Waals surface area contributed by atoms with Gasteiger partial charge in [0.15, 0.2) is 5.65 Å². The van der Waals surface area contributed by atoms with Gasteiger partial charge in [-0.25, -0.2) is 9.67 Å². The molecule has 12 heteroatoms. The molecule has 0 fully saturated rings. The van der Waals surface area contributed by atoms with Crippen molar-refractivity contribution >= 4 is 34.4 Å². The maximum absolute atomic E-state index is 13.0. The molecule has 0 aliphatic rings. The van der Waals surface area contributed by atoms with Gasteiger partial charge >= 0.3 is 6.18 Å². The van der Waals surface area contributed by atoms with E-state index in [0.717, 1.165) is 12.1 Å². The fraction of sp³-hybridized carbons (Fsp3) is 0.154. The largest absolute Gasteiger partial charge is 0.423 e. The van der Waals surface area contributed by atoms with Crippen LogP contribution < -0.4 is 4.84 Å². The molecule has 0 atom stereocenters. The predicted octanol–water partition coefficient (Wildman–Crippen LogP) is 3.37. The van der Waals surface area contributed by atoms with Gasteiger partial charge in [-0.05, 0) is 11.6 Å². The summed E-state index contributed by atoms with van der Waals surface area (Å²) < 4.78 is 40.5. The van der Waals surface area contributed by atoms with Gasteiger partial charge in [-0.2, -0.15) is 23.3 Å². The van der Waals surface area contributed by atoms with E-state index in [-0.39, 0.29) is 18.1 Å². The number of aromatic nitrogens is 4. The molecule has 3 rings (SSSR count). The second kappa shape index (κ2) is 6.16. The van der Waals surface area contributed by atoms with Crippen LogP contribution in [0.25, 0.3) is 11.0 Å². The Labute approximate surface area is 142 Å². The zero-order valence-corrected chi connectivity index (χ0v) is 12.9. The van der Waals surface area contributed by atoms with Gasteiger partial charge in [0, 0.05) is 24.0 Å². The number of nitrogens with zero attached hydrogens (tertiary/aromatic N) is 5. The molecule has 0 amide bonds. The molecule has 130 valence electrons. The van der Waals surface area contributed by atoms with E-state index in [4.69, 9.17) is 11.8 Å². The molecule has 3 aromatic rings. The van der Waals surface area contributed by atoms with Crippen LogP contribution in [-0.4, -0.2) is 24.7 Å². The van der Waals surface area contributed by atoms with Crippen molar-refractivity contribution < 1.29 is 18.1 Å². The third-order valence-corrected chi connectivity index (χ3v) is 3.53. The van der Waals surface area contributed by atoms with E-state index < -0.39 is 22.4 Å². The Morgan fingerprint density at radius 2 is 2.08 bits per heavy atom. The first kappa shape index (κ1) is 16.9. The molecule has 0 unspecified atom stereocenters. The normalized spacial score (nSPS) is 11.7. The van der Waals surface area contributed by atoms with Gasteiger partial charge in [0.2, 0.25) is 5.95 Å². The summed E-state index contributed by atoms with van der Waals surface area (Å²) in [6.07, 6.45) is -1.95.